The number of carbonyl (C=O) groups excluding carboxylic acids is 2. The summed E-state index contributed by atoms with van der Waals surface area (Å²) in [6, 6.07) is 5.02. The summed E-state index contributed by atoms with van der Waals surface area (Å²) >= 11 is 0. The molecule has 1 aromatic rings. The number of nitrogens with one attached hydrogen (secondary N) is 1. The molecule has 5 nitrogen and oxygen atoms in total. The number of Topliss-reactive ketones (excluding diaryl/α,β-unsaturated/α-hetero) is 1. The normalized spacial score (nSPS) is 18.8. The number of anilines is 1. The Balaban J connectivity index is 2.14. The number of hydrogen-bond acceptors (Lipinski definition) is 3. The van der Waals surface area contributed by atoms with Crippen molar-refractivity contribution in [3.05, 3.63) is 23.8 Å². The molecule has 1 N–H and O–H groups in total. The highest BCUT2D eigenvalue weighted by Gasteiger charge is 2.62. The van der Waals surface area contributed by atoms with Gasteiger partial charge in [0.05, 0.1) is 12.8 Å². The Morgan fingerprint density at radius 1 is 1.44 bits per heavy atom. The number of urea groups is 1. The van der Waals surface area contributed by atoms with E-state index in [4.69, 9.17) is 4.74 Å². The first-order valence-corrected chi connectivity index (χ1v) is 5.89. The van der Waals surface area contributed by atoms with Crippen LogP contribution in [0.1, 0.15) is 23.2 Å². The van der Waals surface area contributed by atoms with Crippen molar-refractivity contribution in [2.24, 2.45) is 0 Å². The third kappa shape index (κ3) is 1.21. The second-order valence-electron chi connectivity index (χ2n) is 4.63. The van der Waals surface area contributed by atoms with Crippen molar-refractivity contribution in [2.45, 2.75) is 18.4 Å². The minimum Gasteiger partial charge on any atom is -0.497 e. The van der Waals surface area contributed by atoms with Crippen molar-refractivity contribution >= 4 is 17.5 Å². The number of ether oxygens (including phenoxy) is 1. The zero-order valence-corrected chi connectivity index (χ0v) is 10.3. The maximum Gasteiger partial charge on any atom is 0.322 e. The highest BCUT2D eigenvalue weighted by atomic mass is 16.5. The van der Waals surface area contributed by atoms with E-state index in [1.807, 2.05) is 0 Å². The number of ketones is 1. The first-order valence-electron chi connectivity index (χ1n) is 5.89. The van der Waals surface area contributed by atoms with Gasteiger partial charge in [-0.15, -0.1) is 0 Å². The van der Waals surface area contributed by atoms with Gasteiger partial charge in [0, 0.05) is 12.6 Å². The minimum atomic E-state index is -0.630. The van der Waals surface area contributed by atoms with E-state index < -0.39 is 5.54 Å². The molecule has 1 fully saturated rings. The van der Waals surface area contributed by atoms with E-state index in [9.17, 15) is 9.59 Å². The molecule has 0 bridgehead atoms. The number of hydrogen-bond donors (Lipinski definition) is 1. The SMILES string of the molecule is CNC(=O)N1c2ccc(OC)cc2C(=O)C12CC2. The fraction of sp³-hybridized carbons (Fsp3) is 0.385. The van der Waals surface area contributed by atoms with Gasteiger partial charge in [-0.3, -0.25) is 9.69 Å². The van der Waals surface area contributed by atoms with Crippen LogP contribution in [0, 0.1) is 0 Å². The fourth-order valence-corrected chi connectivity index (χ4v) is 2.59. The molecule has 5 heteroatoms. The second-order valence-corrected chi connectivity index (χ2v) is 4.63. The molecule has 18 heavy (non-hydrogen) atoms. The van der Waals surface area contributed by atoms with E-state index >= 15 is 0 Å². The first-order chi connectivity index (χ1) is 8.64. The summed E-state index contributed by atoms with van der Waals surface area (Å²) in [5.74, 6) is 0.664. The highest BCUT2D eigenvalue weighted by molar-refractivity contribution is 6.22. The van der Waals surface area contributed by atoms with E-state index in [-0.39, 0.29) is 11.8 Å². The Labute approximate surface area is 105 Å². The van der Waals surface area contributed by atoms with E-state index in [1.165, 1.54) is 0 Å². The Hall–Kier alpha value is -2.04. The summed E-state index contributed by atoms with van der Waals surface area (Å²) in [4.78, 5) is 26.0. The maximum atomic E-state index is 12.4. The Morgan fingerprint density at radius 3 is 2.72 bits per heavy atom. The minimum absolute atomic E-state index is 0.0278. The summed E-state index contributed by atoms with van der Waals surface area (Å²) in [5, 5.41) is 2.60. The van der Waals surface area contributed by atoms with Crippen LogP contribution in [0.25, 0.3) is 0 Å². The molecule has 94 valence electrons. The molecule has 0 unspecified atom stereocenters. The summed E-state index contributed by atoms with van der Waals surface area (Å²) in [5.41, 5.74) is 0.627. The molecule has 1 heterocycles. The number of carbonyl (C=O) groups is 2. The van der Waals surface area contributed by atoms with Crippen molar-refractivity contribution in [1.82, 2.24) is 5.32 Å². The molecule has 1 aliphatic heterocycles. The van der Waals surface area contributed by atoms with Gasteiger partial charge in [-0.2, -0.15) is 0 Å². The summed E-state index contributed by atoms with van der Waals surface area (Å²) in [6.45, 7) is 0. The van der Waals surface area contributed by atoms with Gasteiger partial charge in [-0.25, -0.2) is 4.79 Å². The van der Waals surface area contributed by atoms with Crippen molar-refractivity contribution in [2.75, 3.05) is 19.1 Å². The largest absolute Gasteiger partial charge is 0.497 e. The van der Waals surface area contributed by atoms with Crippen LogP contribution in [0.5, 0.6) is 5.75 Å². The molecule has 3 rings (SSSR count). The van der Waals surface area contributed by atoms with Crippen LogP contribution in [0.2, 0.25) is 0 Å². The lowest BCUT2D eigenvalue weighted by atomic mass is 10.1. The van der Waals surface area contributed by atoms with Gasteiger partial charge in [0.25, 0.3) is 0 Å². The average molecular weight is 246 g/mol. The third-order valence-electron chi connectivity index (χ3n) is 3.68. The number of nitrogens with zero attached hydrogens (tertiary/aromatic N) is 1. The monoisotopic (exact) mass is 246 g/mol. The molecule has 0 saturated heterocycles. The Morgan fingerprint density at radius 2 is 2.17 bits per heavy atom. The molecule has 0 atom stereocenters. The highest BCUT2D eigenvalue weighted by Crippen LogP contribution is 2.53. The molecule has 2 amide bonds. The number of amides is 2. The molecule has 1 saturated carbocycles. The van der Waals surface area contributed by atoms with Crippen molar-refractivity contribution in [3.63, 3.8) is 0 Å². The van der Waals surface area contributed by atoms with Crippen molar-refractivity contribution in [1.29, 1.82) is 0 Å². The number of methoxy groups -OCH3 is 1. The number of benzene rings is 1. The quantitative estimate of drug-likeness (QED) is 0.818. The van der Waals surface area contributed by atoms with E-state index in [0.29, 0.717) is 17.0 Å². The molecular formula is C13H14N2O3. The molecular weight excluding hydrogens is 232 g/mol. The third-order valence-corrected chi connectivity index (χ3v) is 3.68. The average Bonchev–Trinajstić information content (AvgIpc) is 3.15. The van der Waals surface area contributed by atoms with E-state index in [1.54, 1.807) is 37.3 Å². The van der Waals surface area contributed by atoms with Gasteiger partial charge in [0.1, 0.15) is 11.3 Å². The van der Waals surface area contributed by atoms with Crippen LogP contribution in [0.4, 0.5) is 10.5 Å². The second kappa shape index (κ2) is 3.48. The van der Waals surface area contributed by atoms with Crippen LogP contribution < -0.4 is 15.0 Å². The Bertz CT molecular complexity index is 549. The lowest BCUT2D eigenvalue weighted by Gasteiger charge is -2.23. The fourth-order valence-electron chi connectivity index (χ4n) is 2.59. The zero-order valence-electron chi connectivity index (χ0n) is 10.3. The molecule has 0 aromatic heterocycles. The van der Waals surface area contributed by atoms with Crippen LogP contribution in [0.15, 0.2) is 18.2 Å². The lowest BCUT2D eigenvalue weighted by molar-refractivity contribution is 0.0959. The zero-order chi connectivity index (χ0) is 12.9. The van der Waals surface area contributed by atoms with Gasteiger partial charge in [0.15, 0.2) is 5.78 Å². The number of fused-ring (bicyclic) bond motifs is 1. The molecule has 0 radical (unpaired) electrons. The van der Waals surface area contributed by atoms with E-state index in [0.717, 1.165) is 12.8 Å². The van der Waals surface area contributed by atoms with Crippen LogP contribution in [-0.2, 0) is 0 Å². The van der Waals surface area contributed by atoms with Crippen molar-refractivity contribution < 1.29 is 14.3 Å². The maximum absolute atomic E-state index is 12.4. The van der Waals surface area contributed by atoms with Crippen LogP contribution in [-0.4, -0.2) is 31.5 Å². The summed E-state index contributed by atoms with van der Waals surface area (Å²) in [7, 11) is 3.13. The standard InChI is InChI=1S/C13H14N2O3/c1-14-12(17)15-10-4-3-8(18-2)7-9(10)11(16)13(15)5-6-13/h3-4,7H,5-6H2,1-2H3,(H,14,17). The lowest BCUT2D eigenvalue weighted by Crippen LogP contribution is -2.46. The predicted molar refractivity (Wildman–Crippen MR) is 66.2 cm³/mol. The van der Waals surface area contributed by atoms with Gasteiger partial charge < -0.3 is 10.1 Å². The Kier molecular flexibility index (Phi) is 2.14. The molecule has 2 aliphatic rings. The summed E-state index contributed by atoms with van der Waals surface area (Å²) in [6.07, 6.45) is 1.46. The number of rotatable bonds is 1. The molecule has 1 aliphatic carbocycles. The predicted octanol–water partition coefficient (Wildman–Crippen LogP) is 1.57. The van der Waals surface area contributed by atoms with E-state index in [2.05, 4.69) is 5.32 Å². The van der Waals surface area contributed by atoms with Crippen molar-refractivity contribution in [3.8, 4) is 5.75 Å². The van der Waals surface area contributed by atoms with Crippen LogP contribution in [0.3, 0.4) is 0 Å². The smallest absolute Gasteiger partial charge is 0.322 e. The van der Waals surface area contributed by atoms with Gasteiger partial charge in [-0.1, -0.05) is 0 Å². The van der Waals surface area contributed by atoms with Gasteiger partial charge in [-0.05, 0) is 31.0 Å². The topological polar surface area (TPSA) is 58.6 Å². The van der Waals surface area contributed by atoms with Crippen LogP contribution >= 0.6 is 0 Å². The first kappa shape index (κ1) is 11.1. The summed E-state index contributed by atoms with van der Waals surface area (Å²) < 4.78 is 5.13. The molecule has 1 aromatic carbocycles. The molecule has 1 spiro atoms. The van der Waals surface area contributed by atoms with Gasteiger partial charge >= 0.3 is 6.03 Å². The van der Waals surface area contributed by atoms with Gasteiger partial charge in [0.2, 0.25) is 0 Å².